The molecule has 0 aliphatic heterocycles. The lowest BCUT2D eigenvalue weighted by molar-refractivity contribution is 0.251. The van der Waals surface area contributed by atoms with Gasteiger partial charge in [0.05, 0.1) is 24.1 Å². The Morgan fingerprint density at radius 3 is 2.95 bits per heavy atom. The molecule has 0 saturated heterocycles. The van der Waals surface area contributed by atoms with Gasteiger partial charge in [-0.2, -0.15) is 0 Å². The molecule has 0 aliphatic rings. The van der Waals surface area contributed by atoms with Crippen LogP contribution in [0.5, 0.6) is 0 Å². The molecular weight excluding hydrogens is 249 g/mol. The lowest BCUT2D eigenvalue weighted by Crippen LogP contribution is -2.29. The summed E-state index contributed by atoms with van der Waals surface area (Å²) in [5.74, 6) is 0.0374. The fourth-order valence-corrected chi connectivity index (χ4v) is 1.42. The van der Waals surface area contributed by atoms with Crippen LogP contribution in [0.3, 0.4) is 0 Å². The maximum absolute atomic E-state index is 13.2. The predicted octanol–water partition coefficient (Wildman–Crippen LogP) is 1.64. The monoisotopic (exact) mass is 261 g/mol. The molecule has 2 aromatic rings. The lowest BCUT2D eigenvalue weighted by atomic mass is 10.4. The molecule has 0 fully saturated rings. The van der Waals surface area contributed by atoms with Crippen molar-refractivity contribution in [3.05, 3.63) is 48.1 Å². The number of carbonyl (C=O) groups excluding carboxylic acids is 1. The molecule has 0 bridgehead atoms. The number of anilines is 1. The van der Waals surface area contributed by atoms with E-state index >= 15 is 0 Å². The number of nitrogens with one attached hydrogen (secondary N) is 2. The van der Waals surface area contributed by atoms with Gasteiger partial charge in [-0.05, 0) is 19.1 Å². The summed E-state index contributed by atoms with van der Waals surface area (Å²) in [4.78, 5) is 23.2. The maximum Gasteiger partial charge on any atom is 0.319 e. The molecule has 2 heterocycles. The van der Waals surface area contributed by atoms with Crippen molar-refractivity contribution in [3.8, 4) is 0 Å². The molecule has 2 amide bonds. The first-order chi connectivity index (χ1) is 9.15. The number of nitrogens with zero attached hydrogens (tertiary/aromatic N) is 3. The summed E-state index contributed by atoms with van der Waals surface area (Å²) in [5, 5.41) is 4.96. The zero-order valence-corrected chi connectivity index (χ0v) is 10.2. The van der Waals surface area contributed by atoms with Crippen molar-refractivity contribution < 1.29 is 9.18 Å². The van der Waals surface area contributed by atoms with Gasteiger partial charge < -0.3 is 10.6 Å². The maximum atomic E-state index is 13.2. The first-order valence-corrected chi connectivity index (χ1v) is 5.58. The molecule has 98 valence electrons. The van der Waals surface area contributed by atoms with Gasteiger partial charge in [0.1, 0.15) is 5.82 Å². The number of halogens is 1. The fourth-order valence-electron chi connectivity index (χ4n) is 1.42. The second-order valence-corrected chi connectivity index (χ2v) is 3.76. The molecule has 2 rings (SSSR count). The lowest BCUT2D eigenvalue weighted by Gasteiger charge is -2.07. The van der Waals surface area contributed by atoms with Crippen molar-refractivity contribution >= 4 is 11.7 Å². The summed E-state index contributed by atoms with van der Waals surface area (Å²) < 4.78 is 13.2. The van der Waals surface area contributed by atoms with Gasteiger partial charge in [0, 0.05) is 12.4 Å². The summed E-state index contributed by atoms with van der Waals surface area (Å²) in [6, 6.07) is 2.56. The minimum Gasteiger partial charge on any atom is -0.332 e. The van der Waals surface area contributed by atoms with E-state index < -0.39 is 11.8 Å². The third-order valence-electron chi connectivity index (χ3n) is 2.28. The Morgan fingerprint density at radius 1 is 1.37 bits per heavy atom. The summed E-state index contributed by atoms with van der Waals surface area (Å²) in [5.41, 5.74) is 0.754. The fraction of sp³-hybridized carbons (Fsp3) is 0.167. The van der Waals surface area contributed by atoms with Gasteiger partial charge >= 0.3 is 6.03 Å². The first kappa shape index (κ1) is 12.9. The number of urea groups is 1. The number of hydrogen-bond acceptors (Lipinski definition) is 4. The van der Waals surface area contributed by atoms with Crippen LogP contribution in [-0.4, -0.2) is 21.0 Å². The molecule has 0 saturated carbocycles. The van der Waals surface area contributed by atoms with Crippen molar-refractivity contribution in [1.29, 1.82) is 0 Å². The van der Waals surface area contributed by atoms with Crippen molar-refractivity contribution in [2.75, 3.05) is 5.32 Å². The second-order valence-electron chi connectivity index (χ2n) is 3.76. The number of aryl methyl sites for hydroxylation is 1. The molecule has 7 heteroatoms. The van der Waals surface area contributed by atoms with Crippen LogP contribution in [-0.2, 0) is 6.54 Å². The van der Waals surface area contributed by atoms with E-state index in [9.17, 15) is 9.18 Å². The van der Waals surface area contributed by atoms with Gasteiger partial charge in [-0.1, -0.05) is 0 Å². The zero-order valence-electron chi connectivity index (χ0n) is 10.2. The van der Waals surface area contributed by atoms with Gasteiger partial charge in [0.15, 0.2) is 5.82 Å². The van der Waals surface area contributed by atoms with E-state index in [2.05, 4.69) is 25.6 Å². The number of rotatable bonds is 3. The van der Waals surface area contributed by atoms with Crippen LogP contribution < -0.4 is 10.6 Å². The average Bonchev–Trinajstić information content (AvgIpc) is 2.39. The number of hydrogen-bond donors (Lipinski definition) is 2. The van der Waals surface area contributed by atoms with Crippen LogP contribution in [0, 0.1) is 12.7 Å². The highest BCUT2D eigenvalue weighted by atomic mass is 19.1. The number of aromatic nitrogens is 3. The summed E-state index contributed by atoms with van der Waals surface area (Å²) in [7, 11) is 0. The SMILES string of the molecule is Cc1nccc(CNC(=O)Nc2ccncc2F)n1. The Morgan fingerprint density at radius 2 is 2.21 bits per heavy atom. The average molecular weight is 261 g/mol. The van der Waals surface area contributed by atoms with E-state index in [-0.39, 0.29) is 12.2 Å². The van der Waals surface area contributed by atoms with Crippen LogP contribution in [0.4, 0.5) is 14.9 Å². The van der Waals surface area contributed by atoms with Crippen molar-refractivity contribution in [2.24, 2.45) is 0 Å². The predicted molar refractivity (Wildman–Crippen MR) is 66.8 cm³/mol. The van der Waals surface area contributed by atoms with E-state index in [4.69, 9.17) is 0 Å². The standard InChI is InChI=1S/C12H12FN5O/c1-8-15-5-2-9(17-8)6-16-12(19)18-11-3-4-14-7-10(11)13/h2-5,7H,6H2,1H3,(H2,14,16,18,19). The van der Waals surface area contributed by atoms with E-state index in [1.54, 1.807) is 19.2 Å². The highest BCUT2D eigenvalue weighted by molar-refractivity contribution is 5.89. The van der Waals surface area contributed by atoms with Crippen molar-refractivity contribution in [1.82, 2.24) is 20.3 Å². The van der Waals surface area contributed by atoms with Gasteiger partial charge in [-0.15, -0.1) is 0 Å². The normalized spacial score (nSPS) is 10.0. The highest BCUT2D eigenvalue weighted by Crippen LogP contribution is 2.10. The molecule has 0 spiro atoms. The van der Waals surface area contributed by atoms with Crippen LogP contribution in [0.1, 0.15) is 11.5 Å². The minimum atomic E-state index is -0.587. The molecule has 19 heavy (non-hydrogen) atoms. The van der Waals surface area contributed by atoms with E-state index in [0.717, 1.165) is 6.20 Å². The highest BCUT2D eigenvalue weighted by Gasteiger charge is 2.06. The largest absolute Gasteiger partial charge is 0.332 e. The molecule has 0 atom stereocenters. The first-order valence-electron chi connectivity index (χ1n) is 5.58. The van der Waals surface area contributed by atoms with Crippen LogP contribution >= 0.6 is 0 Å². The molecule has 0 radical (unpaired) electrons. The Balaban J connectivity index is 1.90. The number of pyridine rings is 1. The third-order valence-corrected chi connectivity index (χ3v) is 2.28. The molecule has 2 aromatic heterocycles. The van der Waals surface area contributed by atoms with E-state index in [0.29, 0.717) is 11.5 Å². The summed E-state index contributed by atoms with van der Waals surface area (Å²) in [6.07, 6.45) is 4.04. The topological polar surface area (TPSA) is 79.8 Å². The second kappa shape index (κ2) is 5.85. The van der Waals surface area contributed by atoms with E-state index in [1.165, 1.54) is 12.3 Å². The molecule has 0 unspecified atom stereocenters. The smallest absolute Gasteiger partial charge is 0.319 e. The molecular formula is C12H12FN5O. The Labute approximate surface area is 109 Å². The third kappa shape index (κ3) is 3.70. The van der Waals surface area contributed by atoms with Crippen molar-refractivity contribution in [3.63, 3.8) is 0 Å². The van der Waals surface area contributed by atoms with Gasteiger partial charge in [0.25, 0.3) is 0 Å². The Bertz CT molecular complexity index is 590. The van der Waals surface area contributed by atoms with Crippen LogP contribution in [0.2, 0.25) is 0 Å². The van der Waals surface area contributed by atoms with Gasteiger partial charge in [-0.3, -0.25) is 4.98 Å². The van der Waals surface area contributed by atoms with E-state index in [1.807, 2.05) is 0 Å². The van der Waals surface area contributed by atoms with Crippen molar-refractivity contribution in [2.45, 2.75) is 13.5 Å². The summed E-state index contributed by atoms with van der Waals surface area (Å²) >= 11 is 0. The zero-order chi connectivity index (χ0) is 13.7. The Hall–Kier alpha value is -2.57. The summed E-state index contributed by atoms with van der Waals surface area (Å²) in [6.45, 7) is 2.00. The number of carbonyl (C=O) groups is 1. The molecule has 2 N–H and O–H groups in total. The number of amides is 2. The van der Waals surface area contributed by atoms with Gasteiger partial charge in [-0.25, -0.2) is 19.2 Å². The quantitative estimate of drug-likeness (QED) is 0.880. The molecule has 6 nitrogen and oxygen atoms in total. The van der Waals surface area contributed by atoms with Gasteiger partial charge in [0.2, 0.25) is 0 Å². The Kier molecular flexibility index (Phi) is 3.97. The van der Waals surface area contributed by atoms with Crippen LogP contribution in [0.15, 0.2) is 30.7 Å². The minimum absolute atomic E-state index is 0.0753. The molecule has 0 aliphatic carbocycles. The van der Waals surface area contributed by atoms with Crippen LogP contribution in [0.25, 0.3) is 0 Å². The molecule has 0 aromatic carbocycles.